The number of amides is 1. The smallest absolute Gasteiger partial charge is 0.309 e. The van der Waals surface area contributed by atoms with Crippen molar-refractivity contribution in [1.82, 2.24) is 4.31 Å². The molecule has 1 unspecified atom stereocenters. The van der Waals surface area contributed by atoms with Crippen LogP contribution in [0.4, 0.5) is 5.69 Å². The highest BCUT2D eigenvalue weighted by Gasteiger charge is 2.41. The Bertz CT molecular complexity index is 878. The van der Waals surface area contributed by atoms with E-state index in [9.17, 15) is 22.8 Å². The molecule has 0 radical (unpaired) electrons. The number of esters is 1. The van der Waals surface area contributed by atoms with E-state index in [0.29, 0.717) is 18.5 Å². The van der Waals surface area contributed by atoms with Crippen LogP contribution in [0.1, 0.15) is 32.1 Å². The van der Waals surface area contributed by atoms with Crippen LogP contribution >= 0.6 is 0 Å². The highest BCUT2D eigenvalue weighted by Crippen LogP contribution is 2.40. The second-order valence-corrected chi connectivity index (χ2v) is 10.0. The molecule has 3 rings (SSSR count). The molecule has 2 saturated carbocycles. The summed E-state index contributed by atoms with van der Waals surface area (Å²) in [4.78, 5) is 36.6. The normalized spacial score (nSPS) is 24.2. The maximum atomic E-state index is 12.3. The molecule has 1 N–H and O–H groups in total. The molecule has 9 heteroatoms. The molecule has 0 aliphatic heterocycles. The topological polar surface area (TPSA) is 110 Å². The Labute approximate surface area is 170 Å². The van der Waals surface area contributed by atoms with Gasteiger partial charge in [-0.3, -0.25) is 14.4 Å². The second-order valence-electron chi connectivity index (χ2n) is 7.86. The Kier molecular flexibility index (Phi) is 6.38. The third-order valence-corrected chi connectivity index (χ3v) is 7.47. The highest BCUT2D eigenvalue weighted by atomic mass is 32.2. The summed E-state index contributed by atoms with van der Waals surface area (Å²) in [7, 11) is -0.661. The molecule has 158 valence electrons. The fourth-order valence-corrected chi connectivity index (χ4v) is 4.95. The first-order chi connectivity index (χ1) is 13.7. The van der Waals surface area contributed by atoms with Gasteiger partial charge < -0.3 is 10.1 Å². The second kappa shape index (κ2) is 8.62. The van der Waals surface area contributed by atoms with Crippen molar-refractivity contribution in [3.63, 3.8) is 0 Å². The first kappa shape index (κ1) is 21.4. The van der Waals surface area contributed by atoms with Crippen LogP contribution in [0.5, 0.6) is 0 Å². The molecule has 0 saturated heterocycles. The molecule has 0 aromatic heterocycles. The summed E-state index contributed by atoms with van der Waals surface area (Å²) in [5.41, 5.74) is 0.404. The number of carbonyl (C=O) groups excluding carboxylic acids is 3. The van der Waals surface area contributed by atoms with Crippen molar-refractivity contribution in [2.45, 2.75) is 37.0 Å². The molecule has 0 spiro atoms. The standard InChI is InChI=1S/C20H26N2O6S/c1-22(2)29(26,27)17-8-6-16(7-9-17)21-18(23)12-28-20(25)15-10-13-4-3-5-14(11-15)19(13)24/h6-9,13-15H,3-5,10-12H2,1-2H3,(H,21,23)/t13-,14+,15?. The number of ether oxygens (including phenoxy) is 1. The zero-order valence-corrected chi connectivity index (χ0v) is 17.4. The number of carbonyl (C=O) groups is 3. The molecule has 8 nitrogen and oxygen atoms in total. The van der Waals surface area contributed by atoms with Crippen molar-refractivity contribution in [1.29, 1.82) is 0 Å². The van der Waals surface area contributed by atoms with E-state index in [1.54, 1.807) is 0 Å². The Morgan fingerprint density at radius 2 is 1.69 bits per heavy atom. The summed E-state index contributed by atoms with van der Waals surface area (Å²) >= 11 is 0. The van der Waals surface area contributed by atoms with Crippen LogP contribution in [0.3, 0.4) is 0 Å². The fraction of sp³-hybridized carbons (Fsp3) is 0.550. The molecule has 0 heterocycles. The number of fused-ring (bicyclic) bond motifs is 2. The fourth-order valence-electron chi connectivity index (χ4n) is 4.04. The number of sulfonamides is 1. The van der Waals surface area contributed by atoms with Crippen LogP contribution in [0.15, 0.2) is 29.2 Å². The van der Waals surface area contributed by atoms with Crippen LogP contribution in [0.2, 0.25) is 0 Å². The van der Waals surface area contributed by atoms with E-state index in [-0.39, 0.29) is 28.4 Å². The van der Waals surface area contributed by atoms with Gasteiger partial charge in [-0.15, -0.1) is 0 Å². The van der Waals surface area contributed by atoms with Crippen molar-refractivity contribution in [2.24, 2.45) is 17.8 Å². The van der Waals surface area contributed by atoms with Gasteiger partial charge in [0.2, 0.25) is 10.0 Å². The van der Waals surface area contributed by atoms with E-state index < -0.39 is 28.5 Å². The number of anilines is 1. The number of benzene rings is 1. The van der Waals surface area contributed by atoms with E-state index in [1.807, 2.05) is 0 Å². The van der Waals surface area contributed by atoms with E-state index >= 15 is 0 Å². The van der Waals surface area contributed by atoms with Crippen LogP contribution < -0.4 is 5.32 Å². The van der Waals surface area contributed by atoms with E-state index in [1.165, 1.54) is 38.4 Å². The average Bonchev–Trinajstić information content (AvgIpc) is 2.66. The molecule has 2 aliphatic rings. The van der Waals surface area contributed by atoms with Crippen LogP contribution in [0, 0.1) is 17.8 Å². The third-order valence-electron chi connectivity index (χ3n) is 5.64. The number of hydrogen-bond acceptors (Lipinski definition) is 6. The van der Waals surface area contributed by atoms with Gasteiger partial charge in [0.25, 0.3) is 5.91 Å². The summed E-state index contributed by atoms with van der Waals surface area (Å²) < 4.78 is 30.4. The molecule has 1 aromatic rings. The van der Waals surface area contributed by atoms with Gasteiger partial charge in [0.15, 0.2) is 6.61 Å². The van der Waals surface area contributed by atoms with Gasteiger partial charge in [-0.2, -0.15) is 0 Å². The first-order valence-corrected chi connectivity index (χ1v) is 11.2. The minimum Gasteiger partial charge on any atom is -0.455 e. The lowest BCUT2D eigenvalue weighted by molar-refractivity contribution is -0.155. The number of nitrogens with zero attached hydrogens (tertiary/aromatic N) is 1. The molecule has 29 heavy (non-hydrogen) atoms. The van der Waals surface area contributed by atoms with Gasteiger partial charge in [-0.1, -0.05) is 6.42 Å². The van der Waals surface area contributed by atoms with Crippen molar-refractivity contribution >= 4 is 33.4 Å². The van der Waals surface area contributed by atoms with Crippen molar-refractivity contribution < 1.29 is 27.5 Å². The Morgan fingerprint density at radius 1 is 1.10 bits per heavy atom. The van der Waals surface area contributed by atoms with E-state index in [2.05, 4.69) is 5.32 Å². The molecule has 1 amide bonds. The number of Topliss-reactive ketones (excluding diaryl/α,β-unsaturated/α-hetero) is 1. The lowest BCUT2D eigenvalue weighted by atomic mass is 9.67. The van der Waals surface area contributed by atoms with Crippen LogP contribution in [0.25, 0.3) is 0 Å². The lowest BCUT2D eigenvalue weighted by Crippen LogP contribution is -2.40. The van der Waals surface area contributed by atoms with Crippen LogP contribution in [-0.2, 0) is 29.1 Å². The lowest BCUT2D eigenvalue weighted by Gasteiger charge is -2.36. The number of nitrogens with one attached hydrogen (secondary N) is 1. The number of ketones is 1. The van der Waals surface area contributed by atoms with Gasteiger partial charge in [-0.25, -0.2) is 12.7 Å². The molecular formula is C20H26N2O6S. The van der Waals surface area contributed by atoms with Gasteiger partial charge >= 0.3 is 5.97 Å². The van der Waals surface area contributed by atoms with Gasteiger partial charge in [0.05, 0.1) is 10.8 Å². The number of hydrogen-bond donors (Lipinski definition) is 1. The molecule has 2 fully saturated rings. The summed E-state index contributed by atoms with van der Waals surface area (Å²) in [5.74, 6) is -1.09. The van der Waals surface area contributed by atoms with Crippen molar-refractivity contribution in [3.8, 4) is 0 Å². The SMILES string of the molecule is CN(C)S(=O)(=O)c1ccc(NC(=O)COC(=O)C2C[C@H]3CCC[C@@H](C2)C3=O)cc1. The minimum absolute atomic E-state index is 0.0502. The number of rotatable bonds is 6. The molecule has 2 bridgehead atoms. The molecule has 2 aliphatic carbocycles. The predicted molar refractivity (Wildman–Crippen MR) is 105 cm³/mol. The van der Waals surface area contributed by atoms with Gasteiger partial charge in [-0.05, 0) is 49.9 Å². The van der Waals surface area contributed by atoms with Gasteiger partial charge in [0.1, 0.15) is 5.78 Å². The third kappa shape index (κ3) is 4.84. The molecule has 1 aromatic carbocycles. The van der Waals surface area contributed by atoms with Gasteiger partial charge in [0, 0.05) is 31.6 Å². The zero-order valence-electron chi connectivity index (χ0n) is 16.6. The summed E-state index contributed by atoms with van der Waals surface area (Å²) in [6.07, 6.45) is 3.72. The monoisotopic (exact) mass is 422 g/mol. The Hall–Kier alpha value is -2.26. The highest BCUT2D eigenvalue weighted by molar-refractivity contribution is 7.89. The summed E-state index contributed by atoms with van der Waals surface area (Å²) in [6, 6.07) is 5.75. The maximum absolute atomic E-state index is 12.3. The van der Waals surface area contributed by atoms with E-state index in [0.717, 1.165) is 23.6 Å². The predicted octanol–water partition coefficient (Wildman–Crippen LogP) is 1.81. The molecular weight excluding hydrogens is 396 g/mol. The Balaban J connectivity index is 1.50. The summed E-state index contributed by atoms with van der Waals surface area (Å²) in [5, 5.41) is 2.58. The maximum Gasteiger partial charge on any atom is 0.309 e. The van der Waals surface area contributed by atoms with Crippen molar-refractivity contribution in [2.75, 3.05) is 26.0 Å². The van der Waals surface area contributed by atoms with Crippen molar-refractivity contribution in [3.05, 3.63) is 24.3 Å². The first-order valence-electron chi connectivity index (χ1n) is 9.71. The Morgan fingerprint density at radius 3 is 2.24 bits per heavy atom. The quantitative estimate of drug-likeness (QED) is 0.700. The average molecular weight is 423 g/mol. The largest absolute Gasteiger partial charge is 0.455 e. The van der Waals surface area contributed by atoms with E-state index in [4.69, 9.17) is 4.74 Å². The molecule has 3 atom stereocenters. The zero-order chi connectivity index (χ0) is 21.2. The summed E-state index contributed by atoms with van der Waals surface area (Å²) in [6.45, 7) is -0.420. The minimum atomic E-state index is -3.54. The van der Waals surface area contributed by atoms with Crippen LogP contribution in [-0.4, -0.2) is 51.1 Å².